The molecule has 1 aliphatic heterocycles. The second-order valence-corrected chi connectivity index (χ2v) is 4.02. The van der Waals surface area contributed by atoms with Crippen molar-refractivity contribution in [3.8, 4) is 0 Å². The Bertz CT molecular complexity index is 255. The third-order valence-electron chi connectivity index (χ3n) is 2.73. The molecule has 0 aromatic rings. The van der Waals surface area contributed by atoms with E-state index in [0.717, 1.165) is 13.1 Å². The zero-order chi connectivity index (χ0) is 11.4. The lowest BCUT2D eigenvalue weighted by atomic mass is 9.94. The number of piperidine rings is 1. The number of hydrogen-bond donors (Lipinski definition) is 2. The maximum atomic E-state index is 10.9. The van der Waals surface area contributed by atoms with Crippen LogP contribution in [-0.4, -0.2) is 47.6 Å². The summed E-state index contributed by atoms with van der Waals surface area (Å²) in [6.45, 7) is 5.61. The van der Waals surface area contributed by atoms with Gasteiger partial charge in [-0.3, -0.25) is 9.59 Å². The first-order chi connectivity index (χ1) is 7.02. The predicted molar refractivity (Wildman–Crippen MR) is 55.5 cm³/mol. The number of carbonyl (C=O) groups is 2. The number of carbonyl (C=O) groups excluding carboxylic acids is 1. The van der Waals surface area contributed by atoms with Crippen LogP contribution in [-0.2, 0) is 9.59 Å². The minimum Gasteiger partial charge on any atom is -0.481 e. The average molecular weight is 214 g/mol. The predicted octanol–water partition coefficient (Wildman–Crippen LogP) is -0.0825. The number of amides is 1. The van der Waals surface area contributed by atoms with Gasteiger partial charge in [-0.25, -0.2) is 0 Å². The van der Waals surface area contributed by atoms with Crippen LogP contribution in [0.1, 0.15) is 20.3 Å². The fourth-order valence-electron chi connectivity index (χ4n) is 2.02. The molecule has 0 saturated carbocycles. The number of nitrogens with zero attached hydrogens (tertiary/aromatic N) is 1. The Morgan fingerprint density at radius 3 is 2.60 bits per heavy atom. The molecule has 1 fully saturated rings. The van der Waals surface area contributed by atoms with Gasteiger partial charge in [0.05, 0.1) is 5.92 Å². The SMILES string of the molecule is CCN1CC(NC(C)=O)CC(C(=O)O)C1. The van der Waals surface area contributed by atoms with Crippen LogP contribution >= 0.6 is 0 Å². The van der Waals surface area contributed by atoms with Gasteiger partial charge in [0.2, 0.25) is 5.91 Å². The standard InChI is InChI=1S/C10H18N2O3/c1-3-12-5-8(10(14)15)4-9(6-12)11-7(2)13/h8-9H,3-6H2,1-2H3,(H,11,13)(H,14,15). The van der Waals surface area contributed by atoms with Crippen molar-refractivity contribution in [3.63, 3.8) is 0 Å². The number of aliphatic carboxylic acids is 1. The molecule has 1 saturated heterocycles. The molecule has 0 radical (unpaired) electrons. The zero-order valence-corrected chi connectivity index (χ0v) is 9.19. The second-order valence-electron chi connectivity index (χ2n) is 4.02. The van der Waals surface area contributed by atoms with E-state index in [2.05, 4.69) is 10.2 Å². The second kappa shape index (κ2) is 5.11. The van der Waals surface area contributed by atoms with Crippen molar-refractivity contribution in [2.45, 2.75) is 26.3 Å². The highest BCUT2D eigenvalue weighted by molar-refractivity contribution is 5.74. The first-order valence-corrected chi connectivity index (χ1v) is 5.25. The number of hydrogen-bond acceptors (Lipinski definition) is 3. The summed E-state index contributed by atoms with van der Waals surface area (Å²) in [5, 5.41) is 11.8. The molecular weight excluding hydrogens is 196 g/mol. The van der Waals surface area contributed by atoms with Crippen LogP contribution < -0.4 is 5.32 Å². The summed E-state index contributed by atoms with van der Waals surface area (Å²) in [5.41, 5.74) is 0. The summed E-state index contributed by atoms with van der Waals surface area (Å²) in [5.74, 6) is -1.24. The Morgan fingerprint density at radius 2 is 2.13 bits per heavy atom. The van der Waals surface area contributed by atoms with Gasteiger partial charge in [-0.15, -0.1) is 0 Å². The van der Waals surface area contributed by atoms with Crippen molar-refractivity contribution in [1.82, 2.24) is 10.2 Å². The van der Waals surface area contributed by atoms with Crippen LogP contribution in [0.3, 0.4) is 0 Å². The molecule has 2 N–H and O–H groups in total. The minimum absolute atomic E-state index is 0.0303. The lowest BCUT2D eigenvalue weighted by Crippen LogP contribution is -2.51. The topological polar surface area (TPSA) is 69.6 Å². The van der Waals surface area contributed by atoms with Gasteiger partial charge >= 0.3 is 5.97 Å². The van der Waals surface area contributed by atoms with Gasteiger partial charge in [-0.1, -0.05) is 6.92 Å². The smallest absolute Gasteiger partial charge is 0.307 e. The van der Waals surface area contributed by atoms with Crippen molar-refractivity contribution in [3.05, 3.63) is 0 Å². The van der Waals surface area contributed by atoms with Crippen LogP contribution in [0, 0.1) is 5.92 Å². The van der Waals surface area contributed by atoms with E-state index in [1.165, 1.54) is 6.92 Å². The number of carboxylic acid groups (broad SMARTS) is 1. The zero-order valence-electron chi connectivity index (χ0n) is 9.19. The number of carboxylic acids is 1. The first-order valence-electron chi connectivity index (χ1n) is 5.25. The van der Waals surface area contributed by atoms with Crippen molar-refractivity contribution in [1.29, 1.82) is 0 Å². The molecule has 2 unspecified atom stereocenters. The fraction of sp³-hybridized carbons (Fsp3) is 0.800. The Labute approximate surface area is 89.4 Å². The number of rotatable bonds is 3. The molecule has 0 bridgehead atoms. The monoisotopic (exact) mass is 214 g/mol. The normalized spacial score (nSPS) is 27.3. The molecule has 2 atom stereocenters. The van der Waals surface area contributed by atoms with Crippen molar-refractivity contribution >= 4 is 11.9 Å². The highest BCUT2D eigenvalue weighted by atomic mass is 16.4. The Balaban J connectivity index is 2.58. The lowest BCUT2D eigenvalue weighted by Gasteiger charge is -2.35. The van der Waals surface area contributed by atoms with E-state index in [1.54, 1.807) is 0 Å². The summed E-state index contributed by atoms with van der Waals surface area (Å²) in [6, 6.07) is -0.0303. The van der Waals surface area contributed by atoms with E-state index in [-0.39, 0.29) is 17.9 Å². The molecule has 1 heterocycles. The van der Waals surface area contributed by atoms with Crippen LogP contribution in [0.15, 0.2) is 0 Å². The highest BCUT2D eigenvalue weighted by Gasteiger charge is 2.30. The average Bonchev–Trinajstić information content (AvgIpc) is 2.16. The maximum Gasteiger partial charge on any atom is 0.307 e. The van der Waals surface area contributed by atoms with E-state index in [9.17, 15) is 9.59 Å². The highest BCUT2D eigenvalue weighted by Crippen LogP contribution is 2.16. The third-order valence-corrected chi connectivity index (χ3v) is 2.73. The van der Waals surface area contributed by atoms with Gasteiger partial charge in [0, 0.05) is 26.1 Å². The van der Waals surface area contributed by atoms with Gasteiger partial charge in [0.25, 0.3) is 0 Å². The molecule has 86 valence electrons. The Hall–Kier alpha value is -1.10. The van der Waals surface area contributed by atoms with Gasteiger partial charge < -0.3 is 15.3 Å². The van der Waals surface area contributed by atoms with Crippen LogP contribution in [0.25, 0.3) is 0 Å². The fourth-order valence-corrected chi connectivity index (χ4v) is 2.02. The maximum absolute atomic E-state index is 10.9. The van der Waals surface area contributed by atoms with Crippen LogP contribution in [0.4, 0.5) is 0 Å². The van der Waals surface area contributed by atoms with Gasteiger partial charge in [-0.2, -0.15) is 0 Å². The van der Waals surface area contributed by atoms with Crippen molar-refractivity contribution in [2.75, 3.05) is 19.6 Å². The molecule has 1 rings (SSSR count). The van der Waals surface area contributed by atoms with E-state index >= 15 is 0 Å². The molecule has 15 heavy (non-hydrogen) atoms. The molecule has 0 spiro atoms. The molecule has 0 aromatic carbocycles. The summed E-state index contributed by atoms with van der Waals surface area (Å²) in [6.07, 6.45) is 0.533. The van der Waals surface area contributed by atoms with E-state index in [1.807, 2.05) is 6.92 Å². The Morgan fingerprint density at radius 1 is 1.47 bits per heavy atom. The number of likely N-dealkylation sites (N-methyl/N-ethyl adjacent to an activating group) is 1. The molecule has 0 aliphatic carbocycles. The first kappa shape index (κ1) is 12.0. The van der Waals surface area contributed by atoms with Crippen LogP contribution in [0.2, 0.25) is 0 Å². The minimum atomic E-state index is -0.775. The largest absolute Gasteiger partial charge is 0.481 e. The summed E-state index contributed by atoms with van der Waals surface area (Å²) < 4.78 is 0. The molecule has 0 aromatic heterocycles. The van der Waals surface area contributed by atoms with Gasteiger partial charge in [0.1, 0.15) is 0 Å². The molecular formula is C10H18N2O3. The Kier molecular flexibility index (Phi) is 4.08. The van der Waals surface area contributed by atoms with E-state index < -0.39 is 5.97 Å². The van der Waals surface area contributed by atoms with E-state index in [0.29, 0.717) is 13.0 Å². The molecule has 5 heteroatoms. The number of nitrogens with one attached hydrogen (secondary N) is 1. The summed E-state index contributed by atoms with van der Waals surface area (Å²) in [4.78, 5) is 23.9. The summed E-state index contributed by atoms with van der Waals surface area (Å²) >= 11 is 0. The number of likely N-dealkylation sites (tertiary alicyclic amines) is 1. The quantitative estimate of drug-likeness (QED) is 0.689. The molecule has 5 nitrogen and oxygen atoms in total. The van der Waals surface area contributed by atoms with Crippen molar-refractivity contribution < 1.29 is 14.7 Å². The lowest BCUT2D eigenvalue weighted by molar-refractivity contribution is -0.144. The molecule has 1 amide bonds. The van der Waals surface area contributed by atoms with Gasteiger partial charge in [-0.05, 0) is 13.0 Å². The van der Waals surface area contributed by atoms with Gasteiger partial charge in [0.15, 0.2) is 0 Å². The summed E-state index contributed by atoms with van der Waals surface area (Å²) in [7, 11) is 0. The third kappa shape index (κ3) is 3.51. The van der Waals surface area contributed by atoms with Crippen molar-refractivity contribution in [2.24, 2.45) is 5.92 Å². The van der Waals surface area contributed by atoms with E-state index in [4.69, 9.17) is 5.11 Å². The van der Waals surface area contributed by atoms with Crippen LogP contribution in [0.5, 0.6) is 0 Å². The molecule has 1 aliphatic rings.